The van der Waals surface area contributed by atoms with E-state index in [-0.39, 0.29) is 11.7 Å². The molecule has 0 unspecified atom stereocenters. The fourth-order valence-corrected chi connectivity index (χ4v) is 4.61. The Bertz CT molecular complexity index is 1230. The Morgan fingerprint density at radius 2 is 1.67 bits per heavy atom. The number of fused-ring (bicyclic) bond motifs is 2. The maximum Gasteiger partial charge on any atom is 0.253 e. The van der Waals surface area contributed by atoms with Crippen LogP contribution in [0.4, 0.5) is 0 Å². The molecule has 2 aromatic heterocycles. The van der Waals surface area contributed by atoms with Crippen molar-refractivity contribution in [3.8, 4) is 0 Å². The van der Waals surface area contributed by atoms with E-state index in [1.165, 1.54) is 22.3 Å². The number of thioether (sulfide) groups is 1. The van der Waals surface area contributed by atoms with E-state index < -0.39 is 0 Å². The Morgan fingerprint density at radius 3 is 2.40 bits per heavy atom. The summed E-state index contributed by atoms with van der Waals surface area (Å²) in [7, 11) is 0. The minimum absolute atomic E-state index is 0.126. The standard InChI is InChI=1S/C24H22N4OS/c1-15-3-7-17(8-4-15)14-30-24-26-23-25-21-11-19(18-9-5-16(2)6-10-18)12-22(29)20(21)13-28(23)27-24/h3-10,13,19H,11-12,14H2,1-2H3/t19-/m0/s1. The van der Waals surface area contributed by atoms with Gasteiger partial charge in [-0.3, -0.25) is 4.79 Å². The van der Waals surface area contributed by atoms with Crippen molar-refractivity contribution in [3.05, 3.63) is 88.2 Å². The lowest BCUT2D eigenvalue weighted by atomic mass is 9.82. The van der Waals surface area contributed by atoms with Crippen molar-refractivity contribution < 1.29 is 4.79 Å². The number of aromatic nitrogens is 4. The molecule has 0 N–H and O–H groups in total. The smallest absolute Gasteiger partial charge is 0.253 e. The van der Waals surface area contributed by atoms with Gasteiger partial charge in [0, 0.05) is 18.4 Å². The number of aryl methyl sites for hydroxylation is 2. The summed E-state index contributed by atoms with van der Waals surface area (Å²) in [5.41, 5.74) is 6.39. The highest BCUT2D eigenvalue weighted by Crippen LogP contribution is 2.32. The molecule has 1 atom stereocenters. The Hall–Kier alpha value is -2.99. The zero-order chi connectivity index (χ0) is 20.7. The fourth-order valence-electron chi connectivity index (χ4n) is 3.83. The van der Waals surface area contributed by atoms with Crippen molar-refractivity contribution >= 4 is 23.3 Å². The van der Waals surface area contributed by atoms with Crippen LogP contribution in [0.25, 0.3) is 5.78 Å². The summed E-state index contributed by atoms with van der Waals surface area (Å²) in [6, 6.07) is 16.9. The third-order valence-electron chi connectivity index (χ3n) is 5.60. The number of benzene rings is 2. The molecule has 4 aromatic rings. The van der Waals surface area contributed by atoms with Gasteiger partial charge in [0.1, 0.15) is 0 Å². The van der Waals surface area contributed by atoms with Crippen molar-refractivity contribution in [2.75, 3.05) is 0 Å². The number of Topliss-reactive ketones (excluding diaryl/α,β-unsaturated/α-hetero) is 1. The van der Waals surface area contributed by atoms with Gasteiger partial charge in [0.05, 0.1) is 11.3 Å². The number of rotatable bonds is 4. The molecular weight excluding hydrogens is 392 g/mol. The summed E-state index contributed by atoms with van der Waals surface area (Å²) in [6.07, 6.45) is 3.06. The van der Waals surface area contributed by atoms with Gasteiger partial charge < -0.3 is 0 Å². The molecule has 0 fully saturated rings. The molecule has 2 heterocycles. The summed E-state index contributed by atoms with van der Waals surface area (Å²) in [4.78, 5) is 22.1. The summed E-state index contributed by atoms with van der Waals surface area (Å²) >= 11 is 1.58. The Kier molecular flexibility index (Phi) is 4.87. The molecule has 6 heteroatoms. The second-order valence-electron chi connectivity index (χ2n) is 7.95. The molecule has 150 valence electrons. The minimum atomic E-state index is 0.126. The molecule has 0 saturated heterocycles. The summed E-state index contributed by atoms with van der Waals surface area (Å²) in [6.45, 7) is 4.15. The molecule has 1 aliphatic rings. The van der Waals surface area contributed by atoms with Crippen LogP contribution in [0.5, 0.6) is 0 Å². The zero-order valence-electron chi connectivity index (χ0n) is 17.0. The van der Waals surface area contributed by atoms with Gasteiger partial charge in [-0.1, -0.05) is 71.4 Å². The third kappa shape index (κ3) is 3.75. The number of ketones is 1. The molecule has 30 heavy (non-hydrogen) atoms. The average Bonchev–Trinajstić information content (AvgIpc) is 3.14. The molecular formula is C24H22N4OS. The van der Waals surface area contributed by atoms with Crippen molar-refractivity contribution in [1.82, 2.24) is 19.6 Å². The highest BCUT2D eigenvalue weighted by Gasteiger charge is 2.28. The molecule has 5 nitrogen and oxygen atoms in total. The first-order chi connectivity index (χ1) is 14.5. The van der Waals surface area contributed by atoms with Gasteiger partial charge >= 0.3 is 0 Å². The maximum atomic E-state index is 12.8. The second kappa shape index (κ2) is 7.69. The van der Waals surface area contributed by atoms with Crippen LogP contribution < -0.4 is 0 Å². The molecule has 0 saturated carbocycles. The number of hydrogen-bond donors (Lipinski definition) is 0. The van der Waals surface area contributed by atoms with E-state index in [2.05, 4.69) is 72.5 Å². The van der Waals surface area contributed by atoms with E-state index in [0.29, 0.717) is 22.9 Å². The van der Waals surface area contributed by atoms with Crippen LogP contribution in [0.15, 0.2) is 59.9 Å². The predicted octanol–water partition coefficient (Wildman–Crippen LogP) is 4.95. The second-order valence-corrected chi connectivity index (χ2v) is 8.90. The lowest BCUT2D eigenvalue weighted by Gasteiger charge is -2.23. The normalized spacial score (nSPS) is 16.1. The first-order valence-corrected chi connectivity index (χ1v) is 11.1. The number of carbonyl (C=O) groups excluding carboxylic acids is 1. The highest BCUT2D eigenvalue weighted by molar-refractivity contribution is 7.98. The van der Waals surface area contributed by atoms with Crippen molar-refractivity contribution in [2.24, 2.45) is 0 Å². The summed E-state index contributed by atoms with van der Waals surface area (Å²) in [5, 5.41) is 5.20. The third-order valence-corrected chi connectivity index (χ3v) is 6.51. The van der Waals surface area contributed by atoms with Crippen LogP contribution in [0.1, 0.15) is 50.6 Å². The number of carbonyl (C=O) groups is 1. The van der Waals surface area contributed by atoms with E-state index in [1.807, 2.05) is 0 Å². The monoisotopic (exact) mass is 414 g/mol. The van der Waals surface area contributed by atoms with E-state index in [9.17, 15) is 4.79 Å². The first-order valence-electron chi connectivity index (χ1n) is 10.1. The number of hydrogen-bond acceptors (Lipinski definition) is 5. The molecule has 0 spiro atoms. The molecule has 2 aromatic carbocycles. The van der Waals surface area contributed by atoms with Crippen molar-refractivity contribution in [1.29, 1.82) is 0 Å². The Morgan fingerprint density at radius 1 is 0.967 bits per heavy atom. The fraction of sp³-hybridized carbons (Fsp3) is 0.250. The largest absolute Gasteiger partial charge is 0.294 e. The predicted molar refractivity (Wildman–Crippen MR) is 118 cm³/mol. The van der Waals surface area contributed by atoms with Crippen LogP contribution in [0.3, 0.4) is 0 Å². The van der Waals surface area contributed by atoms with E-state index >= 15 is 0 Å². The minimum Gasteiger partial charge on any atom is -0.294 e. The Balaban J connectivity index is 1.39. The van der Waals surface area contributed by atoms with Crippen LogP contribution >= 0.6 is 11.8 Å². The molecule has 0 bridgehead atoms. The van der Waals surface area contributed by atoms with Crippen molar-refractivity contribution in [3.63, 3.8) is 0 Å². The van der Waals surface area contributed by atoms with Crippen molar-refractivity contribution in [2.45, 2.75) is 43.5 Å². The van der Waals surface area contributed by atoms with E-state index in [4.69, 9.17) is 4.98 Å². The first kappa shape index (κ1) is 19.0. The van der Waals surface area contributed by atoms with Crippen LogP contribution in [0.2, 0.25) is 0 Å². The molecule has 5 rings (SSSR count). The molecule has 1 aliphatic carbocycles. The van der Waals surface area contributed by atoms with Gasteiger partial charge in [0.25, 0.3) is 5.78 Å². The van der Waals surface area contributed by atoms with Gasteiger partial charge in [0.2, 0.25) is 5.16 Å². The summed E-state index contributed by atoms with van der Waals surface area (Å²) < 4.78 is 1.64. The van der Waals surface area contributed by atoms with Crippen LogP contribution in [-0.2, 0) is 12.2 Å². The quantitative estimate of drug-likeness (QED) is 0.442. The topological polar surface area (TPSA) is 60.1 Å². The maximum absolute atomic E-state index is 12.8. The number of nitrogens with zero attached hydrogens (tertiary/aromatic N) is 4. The van der Waals surface area contributed by atoms with E-state index in [0.717, 1.165) is 17.9 Å². The van der Waals surface area contributed by atoms with Gasteiger partial charge in [-0.2, -0.15) is 4.98 Å². The van der Waals surface area contributed by atoms with Crippen LogP contribution in [0, 0.1) is 13.8 Å². The van der Waals surface area contributed by atoms with Gasteiger partial charge in [-0.05, 0) is 37.3 Å². The highest BCUT2D eigenvalue weighted by atomic mass is 32.2. The molecule has 0 aliphatic heterocycles. The SMILES string of the molecule is Cc1ccc(CSc2nc3nc4c(cn3n2)C(=O)C[C@@H](c2ccc(C)cc2)C4)cc1. The average molecular weight is 415 g/mol. The van der Waals surface area contributed by atoms with Gasteiger partial charge in [0.15, 0.2) is 5.78 Å². The zero-order valence-corrected chi connectivity index (χ0v) is 17.8. The van der Waals surface area contributed by atoms with E-state index in [1.54, 1.807) is 22.5 Å². The summed E-state index contributed by atoms with van der Waals surface area (Å²) in [5.74, 6) is 1.64. The van der Waals surface area contributed by atoms with Gasteiger partial charge in [-0.15, -0.1) is 5.10 Å². The van der Waals surface area contributed by atoms with Crippen LogP contribution in [-0.4, -0.2) is 25.4 Å². The molecule has 0 radical (unpaired) electrons. The van der Waals surface area contributed by atoms with Gasteiger partial charge in [-0.25, -0.2) is 9.50 Å². The molecule has 0 amide bonds. The Labute approximate surface area is 179 Å². The lowest BCUT2D eigenvalue weighted by Crippen LogP contribution is -2.21. The lowest BCUT2D eigenvalue weighted by molar-refractivity contribution is 0.0962.